The molecule has 2 aliphatic rings. The molecule has 20 nitrogen and oxygen atoms in total. The summed E-state index contributed by atoms with van der Waals surface area (Å²) in [6, 6.07) is -7.59. The number of rotatable bonds is 24. The van der Waals surface area contributed by atoms with Crippen LogP contribution in [-0.2, 0) is 44.8 Å². The molecule has 3 rings (SSSR count). The largest absolute Gasteiger partial charge is 0.481 e. The number of hydrogen-bond donors (Lipinski definition) is 10. The van der Waals surface area contributed by atoms with Crippen LogP contribution >= 0.6 is 0 Å². The Kier molecular flexibility index (Phi) is 19.0. The number of H-pyrrole nitrogens is 1. The molecule has 0 spiro atoms. The molecule has 2 aliphatic heterocycles. The monoisotopic (exact) mass is 818 g/mol. The van der Waals surface area contributed by atoms with Gasteiger partial charge < -0.3 is 57.7 Å². The normalized spacial score (nSPS) is 19.6. The molecule has 8 atom stereocenters. The van der Waals surface area contributed by atoms with E-state index in [4.69, 9.17) is 5.73 Å². The van der Waals surface area contributed by atoms with Crippen LogP contribution in [0.4, 0.5) is 0 Å². The fraction of sp³-hybridized carbons (Fsp3) is 0.711. The zero-order valence-electron chi connectivity index (χ0n) is 33.9. The average molecular weight is 819 g/mol. The van der Waals surface area contributed by atoms with Crippen molar-refractivity contribution in [3.8, 4) is 0 Å². The number of carboxylic acid groups (broad SMARTS) is 2. The van der Waals surface area contributed by atoms with Crippen molar-refractivity contribution in [3.05, 3.63) is 18.2 Å². The minimum atomic E-state index is -1.37. The lowest BCUT2D eigenvalue weighted by atomic mass is 9.96. The first-order chi connectivity index (χ1) is 27.6. The average Bonchev–Trinajstić information content (AvgIpc) is 4.00. The molecular formula is C38H62N10O10. The zero-order valence-corrected chi connectivity index (χ0v) is 33.9. The number of aliphatic carboxylic acids is 2. The van der Waals surface area contributed by atoms with Crippen molar-refractivity contribution in [2.45, 2.75) is 141 Å². The van der Waals surface area contributed by atoms with Gasteiger partial charge in [0.05, 0.1) is 12.4 Å². The van der Waals surface area contributed by atoms with E-state index >= 15 is 0 Å². The van der Waals surface area contributed by atoms with Crippen molar-refractivity contribution in [1.82, 2.24) is 46.8 Å². The van der Waals surface area contributed by atoms with Crippen LogP contribution < -0.4 is 37.6 Å². The second-order valence-corrected chi connectivity index (χ2v) is 15.5. The van der Waals surface area contributed by atoms with Gasteiger partial charge in [0.1, 0.15) is 36.3 Å². The summed E-state index contributed by atoms with van der Waals surface area (Å²) in [5.41, 5.74) is 6.19. The number of hydrogen-bond acceptors (Lipinski definition) is 11. The molecule has 0 unspecified atom stereocenters. The number of nitrogens with two attached hydrogens (primary N) is 1. The number of aromatic nitrogens is 2. The lowest BCUT2D eigenvalue weighted by molar-refractivity contribution is -0.143. The second kappa shape index (κ2) is 23.3. The number of carbonyl (C=O) groups excluding carboxylic acids is 6. The van der Waals surface area contributed by atoms with Crippen LogP contribution in [0, 0.1) is 11.8 Å². The Labute approximate surface area is 338 Å². The lowest BCUT2D eigenvalue weighted by Crippen LogP contribution is -2.61. The van der Waals surface area contributed by atoms with E-state index in [0.29, 0.717) is 63.9 Å². The number of likely N-dealkylation sites (tertiary alicyclic amines) is 1. The van der Waals surface area contributed by atoms with Gasteiger partial charge in [-0.2, -0.15) is 0 Å². The molecule has 3 heterocycles. The Morgan fingerprint density at radius 1 is 0.845 bits per heavy atom. The summed E-state index contributed by atoms with van der Waals surface area (Å²) in [6.45, 7) is 8.12. The van der Waals surface area contributed by atoms with E-state index in [2.05, 4.69) is 41.9 Å². The lowest BCUT2D eigenvalue weighted by Gasteiger charge is -2.30. The molecule has 0 aromatic carbocycles. The van der Waals surface area contributed by atoms with Crippen LogP contribution in [0.2, 0.25) is 0 Å². The molecule has 6 amide bonds. The number of carboxylic acids is 2. The highest BCUT2D eigenvalue weighted by Gasteiger charge is 2.40. The maximum absolute atomic E-state index is 14.0. The minimum Gasteiger partial charge on any atom is -0.481 e. The smallest absolute Gasteiger partial charge is 0.326 e. The molecule has 324 valence electrons. The summed E-state index contributed by atoms with van der Waals surface area (Å²) < 4.78 is 0. The molecule has 58 heavy (non-hydrogen) atoms. The summed E-state index contributed by atoms with van der Waals surface area (Å²) in [6.07, 6.45) is 5.79. The van der Waals surface area contributed by atoms with E-state index in [1.165, 1.54) is 17.4 Å². The summed E-state index contributed by atoms with van der Waals surface area (Å²) in [4.78, 5) is 114. The van der Waals surface area contributed by atoms with Crippen LogP contribution in [0.15, 0.2) is 12.5 Å². The number of imidazole rings is 1. The van der Waals surface area contributed by atoms with Gasteiger partial charge in [0.15, 0.2) is 0 Å². The molecule has 1 aromatic rings. The summed E-state index contributed by atoms with van der Waals surface area (Å²) in [5.74, 6) is -7.29. The van der Waals surface area contributed by atoms with Gasteiger partial charge in [-0.1, -0.05) is 34.1 Å². The van der Waals surface area contributed by atoms with Gasteiger partial charge in [-0.15, -0.1) is 0 Å². The highest BCUT2D eigenvalue weighted by Crippen LogP contribution is 2.21. The number of aromatic amines is 1. The number of carbonyl (C=O) groups is 8. The van der Waals surface area contributed by atoms with E-state index in [1.54, 1.807) is 27.7 Å². The number of amides is 6. The topological polar surface area (TPSA) is 307 Å². The molecule has 20 heteroatoms. The van der Waals surface area contributed by atoms with E-state index in [9.17, 15) is 48.6 Å². The first-order valence-electron chi connectivity index (χ1n) is 20.2. The maximum atomic E-state index is 14.0. The number of unbranched alkanes of at least 4 members (excludes halogenated alkanes) is 1. The highest BCUT2D eigenvalue weighted by molar-refractivity contribution is 5.97. The van der Waals surface area contributed by atoms with Crippen molar-refractivity contribution in [3.63, 3.8) is 0 Å². The van der Waals surface area contributed by atoms with E-state index in [1.807, 2.05) is 0 Å². The Morgan fingerprint density at radius 3 is 2.09 bits per heavy atom. The van der Waals surface area contributed by atoms with E-state index in [0.717, 1.165) is 6.42 Å². The molecule has 2 saturated heterocycles. The molecule has 0 saturated carbocycles. The van der Waals surface area contributed by atoms with Crippen molar-refractivity contribution < 1.29 is 48.6 Å². The Bertz CT molecular complexity index is 1570. The number of nitrogens with one attached hydrogen (secondary N) is 7. The predicted molar refractivity (Wildman–Crippen MR) is 209 cm³/mol. The third kappa shape index (κ3) is 14.1. The zero-order chi connectivity index (χ0) is 42.9. The van der Waals surface area contributed by atoms with Crippen LogP contribution in [0.5, 0.6) is 0 Å². The van der Waals surface area contributed by atoms with Crippen molar-refractivity contribution in [1.29, 1.82) is 0 Å². The van der Waals surface area contributed by atoms with Gasteiger partial charge in [-0.3, -0.25) is 33.6 Å². The Morgan fingerprint density at radius 2 is 1.50 bits per heavy atom. The Hall–Kier alpha value is -5.11. The van der Waals surface area contributed by atoms with Crippen molar-refractivity contribution >= 4 is 47.4 Å². The third-order valence-corrected chi connectivity index (χ3v) is 10.7. The van der Waals surface area contributed by atoms with Crippen molar-refractivity contribution in [2.24, 2.45) is 17.6 Å². The maximum Gasteiger partial charge on any atom is 0.326 e. The van der Waals surface area contributed by atoms with Gasteiger partial charge >= 0.3 is 11.9 Å². The summed E-state index contributed by atoms with van der Waals surface area (Å²) in [5, 5.41) is 35.4. The predicted octanol–water partition coefficient (Wildman–Crippen LogP) is -1.10. The van der Waals surface area contributed by atoms with Crippen molar-refractivity contribution in [2.75, 3.05) is 19.6 Å². The first-order valence-corrected chi connectivity index (χ1v) is 20.2. The second-order valence-electron chi connectivity index (χ2n) is 15.5. The van der Waals surface area contributed by atoms with Gasteiger partial charge in [0.2, 0.25) is 35.4 Å². The van der Waals surface area contributed by atoms with Gasteiger partial charge in [-0.25, -0.2) is 9.78 Å². The molecule has 2 fully saturated rings. The highest BCUT2D eigenvalue weighted by atomic mass is 16.4. The molecule has 11 N–H and O–H groups in total. The summed E-state index contributed by atoms with van der Waals surface area (Å²) >= 11 is 0. The van der Waals surface area contributed by atoms with Crippen LogP contribution in [-0.4, -0.2) is 134 Å². The van der Waals surface area contributed by atoms with Gasteiger partial charge in [-0.05, 0) is 76.3 Å². The van der Waals surface area contributed by atoms with E-state index < -0.39 is 102 Å². The van der Waals surface area contributed by atoms with Gasteiger partial charge in [0.25, 0.3) is 0 Å². The fourth-order valence-electron chi connectivity index (χ4n) is 7.05. The molecule has 0 radical (unpaired) electrons. The third-order valence-electron chi connectivity index (χ3n) is 10.7. The van der Waals surface area contributed by atoms with E-state index in [-0.39, 0.29) is 25.2 Å². The van der Waals surface area contributed by atoms with Crippen LogP contribution in [0.25, 0.3) is 0 Å². The minimum absolute atomic E-state index is 0.0748. The fourth-order valence-corrected chi connectivity index (χ4v) is 7.05. The molecular weight excluding hydrogens is 756 g/mol. The quantitative estimate of drug-likeness (QED) is 0.0555. The molecule has 0 aliphatic carbocycles. The van der Waals surface area contributed by atoms with Crippen LogP contribution in [0.1, 0.15) is 97.6 Å². The molecule has 1 aromatic heterocycles. The van der Waals surface area contributed by atoms with Crippen LogP contribution in [0.3, 0.4) is 0 Å². The SMILES string of the molecule is CC[C@H](C)[C@H](NC(=O)[C@H](CCCCN)NC(=O)[C@H](CCC(=O)O)NC(=O)[C@@H]1CCCN1C(=O)[C@@H]1CCCN1)C(=O)N[C@@H](Cc1cnc[nH]1)C(=O)N[C@H](C(=O)O)C(C)C. The Balaban J connectivity index is 1.81. The summed E-state index contributed by atoms with van der Waals surface area (Å²) in [7, 11) is 0. The first kappa shape index (κ1) is 47.3. The molecule has 0 bridgehead atoms. The number of nitrogens with zero attached hydrogens (tertiary/aromatic N) is 2. The standard InChI is InChI=1S/C38H62N10O10/c1-5-22(4)31(36(55)45-27(18-23-19-40-20-42-23)34(53)46-30(21(2)3)38(57)58)47-33(52)24(10-6-7-15-39)43-32(51)25(13-14-29(49)50)44-35(54)28-12-9-17-48(28)37(56)26-11-8-16-41-26/h19-22,24-28,30-31,41H,5-18,39H2,1-4H3,(H,40,42)(H,43,51)(H,44,54)(H,45,55)(H,46,53)(H,47,52)(H,49,50)(H,57,58)/t22-,24-,25-,26-,27-,28-,30-,31-/m0/s1. The van der Waals surface area contributed by atoms with Gasteiger partial charge in [0, 0.05) is 31.3 Å².